The third kappa shape index (κ3) is 7.23. The van der Waals surface area contributed by atoms with Crippen molar-refractivity contribution in [3.63, 3.8) is 0 Å². The Bertz CT molecular complexity index is 2060. The molecule has 0 radical (unpaired) electrons. The molecule has 1 aliphatic carbocycles. The molecule has 3 aromatic carbocycles. The molecule has 2 saturated heterocycles. The number of phenolic OH excluding ortho intramolecular Hbond substituents is 1. The van der Waals surface area contributed by atoms with Crippen LogP contribution < -0.4 is 0 Å². The van der Waals surface area contributed by atoms with Gasteiger partial charge in [-0.2, -0.15) is 0 Å². The molecule has 2 atom stereocenters. The standard InChI is InChI=1S/C42H48N6O6/c1-4-21-46-26-38(52)47-35(22-30-13-16-32(50)17-14-30)41(54)45(25-36(47)48(46)37(51)18-15-29-9-6-5-7-10-29)23-31-11-8-12-33-34(24-43(2)39(31)33)40(53)44(3)27-42(28-49)19-20-42/h4-14,16-17,24,35-36,49-50H,1,15,18-23,25-28H2,2-3H3/t35-,36-/m0/s1. The van der Waals surface area contributed by atoms with Gasteiger partial charge in [-0.05, 0) is 48.1 Å². The maximum Gasteiger partial charge on any atom is 0.255 e. The van der Waals surface area contributed by atoms with Gasteiger partial charge in [0.2, 0.25) is 17.7 Å². The highest BCUT2D eigenvalue weighted by Gasteiger charge is 2.51. The van der Waals surface area contributed by atoms with E-state index < -0.39 is 12.2 Å². The number of amides is 4. The van der Waals surface area contributed by atoms with Crippen LogP contribution in [0.3, 0.4) is 0 Å². The number of para-hydroxylation sites is 1. The highest BCUT2D eigenvalue weighted by atomic mass is 16.3. The molecule has 7 rings (SSSR count). The number of fused-ring (bicyclic) bond motifs is 2. The molecule has 12 nitrogen and oxygen atoms in total. The number of carbonyl (C=O) groups excluding carboxylic acids is 4. The summed E-state index contributed by atoms with van der Waals surface area (Å²) in [6.07, 6.45) is 5.42. The maximum atomic E-state index is 14.6. The first-order chi connectivity index (χ1) is 26.0. The highest BCUT2D eigenvalue weighted by Crippen LogP contribution is 2.45. The minimum Gasteiger partial charge on any atom is -0.508 e. The molecule has 4 aromatic rings. The minimum absolute atomic E-state index is 0.0489. The summed E-state index contributed by atoms with van der Waals surface area (Å²) < 4.78 is 1.91. The third-order valence-corrected chi connectivity index (χ3v) is 11.1. The monoisotopic (exact) mass is 732 g/mol. The molecular formula is C42H48N6O6. The molecule has 12 heteroatoms. The third-order valence-electron chi connectivity index (χ3n) is 11.1. The zero-order valence-corrected chi connectivity index (χ0v) is 30.9. The molecule has 282 valence electrons. The van der Waals surface area contributed by atoms with Gasteiger partial charge in [-0.25, -0.2) is 10.0 Å². The van der Waals surface area contributed by atoms with Gasteiger partial charge < -0.3 is 29.5 Å². The Morgan fingerprint density at radius 3 is 2.43 bits per heavy atom. The number of hydrazine groups is 1. The summed E-state index contributed by atoms with van der Waals surface area (Å²) in [5.41, 5.74) is 3.74. The molecule has 2 aliphatic heterocycles. The minimum atomic E-state index is -0.907. The van der Waals surface area contributed by atoms with E-state index in [-0.39, 0.29) is 80.4 Å². The Kier molecular flexibility index (Phi) is 10.3. The summed E-state index contributed by atoms with van der Waals surface area (Å²) in [5.74, 6) is -0.701. The molecule has 3 aliphatic rings. The molecule has 1 aromatic heterocycles. The van der Waals surface area contributed by atoms with Crippen molar-refractivity contribution in [1.29, 1.82) is 0 Å². The van der Waals surface area contributed by atoms with E-state index >= 15 is 0 Å². The number of rotatable bonds is 13. The van der Waals surface area contributed by atoms with E-state index in [0.717, 1.165) is 40.4 Å². The number of phenols is 1. The number of hydrogen-bond acceptors (Lipinski definition) is 7. The fourth-order valence-electron chi connectivity index (χ4n) is 8.15. The van der Waals surface area contributed by atoms with Crippen molar-refractivity contribution in [2.24, 2.45) is 12.5 Å². The molecule has 0 bridgehead atoms. The lowest BCUT2D eigenvalue weighted by molar-refractivity contribution is -0.205. The SMILES string of the molecule is C=CCN1CC(=O)N2[C@@H](Cc3ccc(O)cc3)C(=O)N(Cc3cccc4c(C(=O)N(C)CC5(CO)CC5)cn(C)c34)C[C@@H]2N1C(=O)CCc1ccccc1. The van der Waals surface area contributed by atoms with Crippen molar-refractivity contribution in [3.8, 4) is 5.75 Å². The average Bonchev–Trinajstić information content (AvgIpc) is 3.86. The summed E-state index contributed by atoms with van der Waals surface area (Å²) >= 11 is 0. The van der Waals surface area contributed by atoms with E-state index in [2.05, 4.69) is 6.58 Å². The summed E-state index contributed by atoms with van der Waals surface area (Å²) in [5, 5.41) is 24.0. The van der Waals surface area contributed by atoms with E-state index in [1.165, 1.54) is 0 Å². The number of benzene rings is 3. The fourth-order valence-corrected chi connectivity index (χ4v) is 8.15. The second-order valence-electron chi connectivity index (χ2n) is 15.0. The van der Waals surface area contributed by atoms with Crippen LogP contribution in [0.15, 0.2) is 91.6 Å². The smallest absolute Gasteiger partial charge is 0.255 e. The molecule has 1 saturated carbocycles. The predicted octanol–water partition coefficient (Wildman–Crippen LogP) is 3.71. The Morgan fingerprint density at radius 2 is 1.74 bits per heavy atom. The van der Waals surface area contributed by atoms with Crippen LogP contribution in [0.1, 0.15) is 46.3 Å². The van der Waals surface area contributed by atoms with Crippen molar-refractivity contribution in [2.75, 3.05) is 39.8 Å². The van der Waals surface area contributed by atoms with Crippen LogP contribution in [-0.2, 0) is 40.8 Å². The number of aryl methyl sites for hydroxylation is 2. The van der Waals surface area contributed by atoms with Gasteiger partial charge in [0, 0.05) is 63.6 Å². The van der Waals surface area contributed by atoms with Gasteiger partial charge in [0.15, 0.2) is 0 Å². The van der Waals surface area contributed by atoms with Crippen molar-refractivity contribution in [2.45, 2.75) is 50.9 Å². The zero-order chi connectivity index (χ0) is 38.1. The van der Waals surface area contributed by atoms with Crippen molar-refractivity contribution < 1.29 is 29.4 Å². The van der Waals surface area contributed by atoms with Crippen molar-refractivity contribution in [1.82, 2.24) is 29.3 Å². The van der Waals surface area contributed by atoms with Crippen LogP contribution in [0, 0.1) is 5.41 Å². The van der Waals surface area contributed by atoms with Gasteiger partial charge in [0.1, 0.15) is 18.0 Å². The van der Waals surface area contributed by atoms with E-state index in [4.69, 9.17) is 0 Å². The zero-order valence-electron chi connectivity index (χ0n) is 30.9. The largest absolute Gasteiger partial charge is 0.508 e. The lowest BCUT2D eigenvalue weighted by Crippen LogP contribution is -2.75. The van der Waals surface area contributed by atoms with Crippen molar-refractivity contribution >= 4 is 34.5 Å². The topological polar surface area (TPSA) is 130 Å². The van der Waals surface area contributed by atoms with Gasteiger partial charge in [-0.3, -0.25) is 19.2 Å². The quantitative estimate of drug-likeness (QED) is 0.201. The summed E-state index contributed by atoms with van der Waals surface area (Å²) in [6.45, 7) is 4.88. The Hall–Kier alpha value is -5.46. The average molecular weight is 733 g/mol. The van der Waals surface area contributed by atoms with Gasteiger partial charge in [0.25, 0.3) is 5.91 Å². The number of aromatic nitrogens is 1. The van der Waals surface area contributed by atoms with Crippen LogP contribution in [-0.4, -0.2) is 115 Å². The van der Waals surface area contributed by atoms with Crippen LogP contribution in [0.4, 0.5) is 0 Å². The van der Waals surface area contributed by atoms with E-state index in [0.29, 0.717) is 18.5 Å². The lowest BCUT2D eigenvalue weighted by atomic mass is 9.97. The van der Waals surface area contributed by atoms with Crippen LogP contribution in [0.25, 0.3) is 10.9 Å². The Balaban J connectivity index is 1.23. The lowest BCUT2D eigenvalue weighted by Gasteiger charge is -2.55. The molecule has 0 unspecified atom stereocenters. The second kappa shape index (κ2) is 15.1. The number of piperazine rings is 1. The first-order valence-corrected chi connectivity index (χ1v) is 18.6. The summed E-state index contributed by atoms with van der Waals surface area (Å²) in [4.78, 5) is 61.7. The summed E-state index contributed by atoms with van der Waals surface area (Å²) in [7, 11) is 3.65. The normalized spacial score (nSPS) is 19.6. The van der Waals surface area contributed by atoms with Crippen LogP contribution in [0.5, 0.6) is 5.75 Å². The molecule has 3 fully saturated rings. The van der Waals surface area contributed by atoms with Gasteiger partial charge in [-0.1, -0.05) is 66.7 Å². The molecule has 2 N–H and O–H groups in total. The summed E-state index contributed by atoms with van der Waals surface area (Å²) in [6, 6.07) is 21.2. The number of aliphatic hydroxyl groups excluding tert-OH is 1. The van der Waals surface area contributed by atoms with Crippen LogP contribution in [0.2, 0.25) is 0 Å². The van der Waals surface area contributed by atoms with E-state index in [1.807, 2.05) is 66.3 Å². The Morgan fingerprint density at radius 1 is 1.00 bits per heavy atom. The molecule has 4 amide bonds. The van der Waals surface area contributed by atoms with Crippen LogP contribution >= 0.6 is 0 Å². The number of nitrogens with zero attached hydrogens (tertiary/aromatic N) is 6. The van der Waals surface area contributed by atoms with Gasteiger partial charge in [-0.15, -0.1) is 6.58 Å². The highest BCUT2D eigenvalue weighted by molar-refractivity contribution is 6.07. The molecular weight excluding hydrogens is 684 g/mol. The van der Waals surface area contributed by atoms with Crippen molar-refractivity contribution in [3.05, 3.63) is 114 Å². The first kappa shape index (κ1) is 36.9. The number of carbonyl (C=O) groups is 4. The van der Waals surface area contributed by atoms with Gasteiger partial charge >= 0.3 is 0 Å². The second-order valence-corrected chi connectivity index (χ2v) is 15.0. The fraction of sp³-hybridized carbons (Fsp3) is 0.381. The maximum absolute atomic E-state index is 14.6. The predicted molar refractivity (Wildman–Crippen MR) is 204 cm³/mol. The molecule has 54 heavy (non-hydrogen) atoms. The molecule has 3 heterocycles. The van der Waals surface area contributed by atoms with E-state index in [9.17, 15) is 29.4 Å². The number of hydrogen-bond donors (Lipinski definition) is 2. The number of aromatic hydroxyl groups is 1. The first-order valence-electron chi connectivity index (χ1n) is 18.6. The van der Waals surface area contributed by atoms with E-state index in [1.54, 1.807) is 62.1 Å². The molecule has 0 spiro atoms. The number of aliphatic hydroxyl groups is 1. The Labute approximate surface area is 315 Å². The van der Waals surface area contributed by atoms with Gasteiger partial charge in [0.05, 0.1) is 30.8 Å².